The number of nitrogens with one attached hydrogen (secondary N) is 1. The van der Waals surface area contributed by atoms with E-state index >= 15 is 0 Å². The van der Waals surface area contributed by atoms with E-state index in [1.165, 1.54) is 16.8 Å². The van der Waals surface area contributed by atoms with E-state index in [4.69, 9.17) is 0 Å². The Morgan fingerprint density at radius 2 is 2.00 bits per heavy atom. The van der Waals surface area contributed by atoms with Gasteiger partial charge in [-0.3, -0.25) is 0 Å². The Morgan fingerprint density at radius 1 is 1.30 bits per heavy atom. The molecule has 0 aliphatic rings. The molecular formula is C8H12NP. The molecule has 0 aromatic heterocycles. The van der Waals surface area contributed by atoms with Crippen molar-refractivity contribution in [3.63, 3.8) is 0 Å². The van der Waals surface area contributed by atoms with Gasteiger partial charge < -0.3 is 5.09 Å². The van der Waals surface area contributed by atoms with Crippen molar-refractivity contribution >= 4 is 15.1 Å². The van der Waals surface area contributed by atoms with Crippen LogP contribution in [0.2, 0.25) is 0 Å². The molecule has 2 heteroatoms. The molecule has 1 atom stereocenters. The maximum absolute atomic E-state index is 3.04. The predicted octanol–water partition coefficient (Wildman–Crippen LogP) is 2.51. The Balaban J connectivity index is 3.07. The molecule has 10 heavy (non-hydrogen) atoms. The molecule has 1 unspecified atom stereocenters. The molecule has 0 saturated carbocycles. The van der Waals surface area contributed by atoms with Crippen molar-refractivity contribution in [2.75, 3.05) is 5.09 Å². The molecule has 0 aliphatic carbocycles. The van der Waals surface area contributed by atoms with Crippen LogP contribution in [-0.2, 0) is 0 Å². The fourth-order valence-corrected chi connectivity index (χ4v) is 1.30. The van der Waals surface area contributed by atoms with E-state index in [0.717, 1.165) is 0 Å². The van der Waals surface area contributed by atoms with Crippen LogP contribution in [0.15, 0.2) is 18.2 Å². The van der Waals surface area contributed by atoms with Gasteiger partial charge in [0.05, 0.1) is 0 Å². The van der Waals surface area contributed by atoms with Crippen LogP contribution in [0.25, 0.3) is 0 Å². The Kier molecular flexibility index (Phi) is 2.29. The fraction of sp³-hybridized carbons (Fsp3) is 0.250. The summed E-state index contributed by atoms with van der Waals surface area (Å²) in [5.41, 5.74) is 3.77. The van der Waals surface area contributed by atoms with Gasteiger partial charge in [0.15, 0.2) is 0 Å². The number of anilines is 1. The van der Waals surface area contributed by atoms with Gasteiger partial charge in [0.2, 0.25) is 0 Å². The molecule has 0 fully saturated rings. The molecule has 0 aliphatic heterocycles. The van der Waals surface area contributed by atoms with E-state index in [0.29, 0.717) is 0 Å². The lowest BCUT2D eigenvalue weighted by molar-refractivity contribution is 1.39. The van der Waals surface area contributed by atoms with Crippen molar-refractivity contribution in [3.8, 4) is 0 Å². The van der Waals surface area contributed by atoms with Gasteiger partial charge in [-0.2, -0.15) is 0 Å². The highest BCUT2D eigenvalue weighted by atomic mass is 31.0. The lowest BCUT2D eigenvalue weighted by Gasteiger charge is -2.03. The molecule has 54 valence electrons. The summed E-state index contributed by atoms with van der Waals surface area (Å²) < 4.78 is 0. The summed E-state index contributed by atoms with van der Waals surface area (Å²) in [6.07, 6.45) is 0. The Labute approximate surface area is 64.1 Å². The largest absolute Gasteiger partial charge is 0.369 e. The van der Waals surface area contributed by atoms with Crippen molar-refractivity contribution < 1.29 is 0 Å². The zero-order valence-electron chi connectivity index (χ0n) is 6.31. The lowest BCUT2D eigenvalue weighted by atomic mass is 10.1. The summed E-state index contributed by atoms with van der Waals surface area (Å²) in [6.45, 7) is 4.19. The van der Waals surface area contributed by atoms with Crippen molar-refractivity contribution in [2.45, 2.75) is 13.8 Å². The van der Waals surface area contributed by atoms with Crippen LogP contribution in [0.5, 0.6) is 0 Å². The minimum absolute atomic E-state index is 1.18. The zero-order chi connectivity index (χ0) is 7.56. The Morgan fingerprint density at radius 3 is 2.50 bits per heavy atom. The lowest BCUT2D eigenvalue weighted by Crippen LogP contribution is -1.84. The highest BCUT2D eigenvalue weighted by Crippen LogP contribution is 2.16. The van der Waals surface area contributed by atoms with Crippen LogP contribution in [0, 0.1) is 13.8 Å². The summed E-state index contributed by atoms with van der Waals surface area (Å²) in [5, 5.41) is 3.04. The summed E-state index contributed by atoms with van der Waals surface area (Å²) in [7, 11) is 2.49. The highest BCUT2D eigenvalue weighted by molar-refractivity contribution is 7.18. The van der Waals surface area contributed by atoms with Gasteiger partial charge >= 0.3 is 0 Å². The molecule has 1 aromatic rings. The zero-order valence-corrected chi connectivity index (χ0v) is 7.46. The van der Waals surface area contributed by atoms with Crippen LogP contribution in [0.3, 0.4) is 0 Å². The second kappa shape index (κ2) is 3.03. The molecule has 1 rings (SSSR count). The standard InChI is InChI=1S/C8H12NP/c1-6-3-4-8(9-10)7(2)5-6/h3-5,9H,10H2,1-2H3. The number of hydrogen-bond acceptors (Lipinski definition) is 1. The van der Waals surface area contributed by atoms with Gasteiger partial charge in [-0.1, -0.05) is 17.7 Å². The Hall–Kier alpha value is -0.550. The smallest absolute Gasteiger partial charge is 0.0398 e. The number of benzene rings is 1. The number of hydrogen-bond donors (Lipinski definition) is 1. The second-order valence-electron chi connectivity index (χ2n) is 2.46. The molecule has 0 radical (unpaired) electrons. The first kappa shape index (κ1) is 7.56. The third kappa shape index (κ3) is 1.48. The van der Waals surface area contributed by atoms with E-state index in [1.54, 1.807) is 0 Å². The van der Waals surface area contributed by atoms with Crippen molar-refractivity contribution in [1.82, 2.24) is 0 Å². The minimum atomic E-state index is 1.18. The van der Waals surface area contributed by atoms with Crippen molar-refractivity contribution in [2.24, 2.45) is 0 Å². The van der Waals surface area contributed by atoms with Crippen LogP contribution >= 0.6 is 9.39 Å². The monoisotopic (exact) mass is 153 g/mol. The highest BCUT2D eigenvalue weighted by Gasteiger charge is 1.92. The molecule has 0 saturated heterocycles. The van der Waals surface area contributed by atoms with Gasteiger partial charge in [0, 0.05) is 5.69 Å². The van der Waals surface area contributed by atoms with Gasteiger partial charge in [-0.15, -0.1) is 0 Å². The van der Waals surface area contributed by atoms with E-state index in [9.17, 15) is 0 Å². The number of rotatable bonds is 1. The third-order valence-corrected chi connectivity index (χ3v) is 1.85. The molecule has 0 amide bonds. The summed E-state index contributed by atoms with van der Waals surface area (Å²) >= 11 is 0. The van der Waals surface area contributed by atoms with Crippen LogP contribution in [0.1, 0.15) is 11.1 Å². The average molecular weight is 153 g/mol. The van der Waals surface area contributed by atoms with Crippen LogP contribution in [-0.4, -0.2) is 0 Å². The van der Waals surface area contributed by atoms with Gasteiger partial charge in [-0.05, 0) is 34.9 Å². The molecule has 1 nitrogen and oxygen atoms in total. The van der Waals surface area contributed by atoms with Crippen LogP contribution in [0.4, 0.5) is 5.69 Å². The minimum Gasteiger partial charge on any atom is -0.369 e. The van der Waals surface area contributed by atoms with E-state index in [1.807, 2.05) is 0 Å². The van der Waals surface area contributed by atoms with Crippen molar-refractivity contribution in [3.05, 3.63) is 29.3 Å². The average Bonchev–Trinajstić information content (AvgIpc) is 1.88. The molecule has 0 spiro atoms. The normalized spacial score (nSPS) is 9.50. The quantitative estimate of drug-likeness (QED) is 0.611. The SMILES string of the molecule is Cc1ccc(NP)c(C)c1. The van der Waals surface area contributed by atoms with E-state index in [-0.39, 0.29) is 0 Å². The molecule has 1 aromatic carbocycles. The van der Waals surface area contributed by atoms with E-state index < -0.39 is 0 Å². The maximum atomic E-state index is 3.04. The predicted molar refractivity (Wildman–Crippen MR) is 49.2 cm³/mol. The van der Waals surface area contributed by atoms with Crippen molar-refractivity contribution in [1.29, 1.82) is 0 Å². The van der Waals surface area contributed by atoms with Gasteiger partial charge in [0.25, 0.3) is 0 Å². The first-order valence-electron chi connectivity index (χ1n) is 3.28. The first-order chi connectivity index (χ1) is 4.74. The molecule has 0 bridgehead atoms. The molecule has 0 heterocycles. The second-order valence-corrected chi connectivity index (χ2v) is 2.75. The maximum Gasteiger partial charge on any atom is 0.0398 e. The first-order valence-corrected chi connectivity index (χ1v) is 3.85. The Bertz CT molecular complexity index is 233. The fourth-order valence-electron chi connectivity index (χ4n) is 0.976. The molecule has 1 N–H and O–H groups in total. The van der Waals surface area contributed by atoms with Gasteiger partial charge in [-0.25, -0.2) is 0 Å². The van der Waals surface area contributed by atoms with Crippen LogP contribution < -0.4 is 5.09 Å². The summed E-state index contributed by atoms with van der Waals surface area (Å²) in [5.74, 6) is 0. The summed E-state index contributed by atoms with van der Waals surface area (Å²) in [6, 6.07) is 6.34. The van der Waals surface area contributed by atoms with E-state index in [2.05, 4.69) is 46.5 Å². The van der Waals surface area contributed by atoms with Gasteiger partial charge in [0.1, 0.15) is 0 Å². The topological polar surface area (TPSA) is 12.0 Å². The third-order valence-electron chi connectivity index (χ3n) is 1.54. The number of aryl methyl sites for hydroxylation is 2. The molecular weight excluding hydrogens is 141 g/mol. The summed E-state index contributed by atoms with van der Waals surface area (Å²) in [4.78, 5) is 0.